The number of nitro groups is 1. The molecule has 1 aliphatic heterocycles. The third-order valence-corrected chi connectivity index (χ3v) is 3.89. The lowest BCUT2D eigenvalue weighted by Gasteiger charge is -2.36. The standard InChI is InChI=1S/C14H19N3O3/c1-15(2)12-5-7-16(8-6-12)14-9-13(17(19)20)4-3-11(14)10-18/h3-4,9-10,12H,5-8H2,1-2H3. The zero-order valence-corrected chi connectivity index (χ0v) is 11.8. The van der Waals surface area contributed by atoms with E-state index in [1.165, 1.54) is 18.2 Å². The van der Waals surface area contributed by atoms with Crippen LogP contribution in [-0.4, -0.2) is 49.3 Å². The Balaban J connectivity index is 2.21. The van der Waals surface area contributed by atoms with Crippen molar-refractivity contribution in [2.24, 2.45) is 0 Å². The highest BCUT2D eigenvalue weighted by Gasteiger charge is 2.23. The fourth-order valence-corrected chi connectivity index (χ4v) is 2.64. The van der Waals surface area contributed by atoms with Crippen LogP contribution in [0.1, 0.15) is 23.2 Å². The molecule has 0 spiro atoms. The van der Waals surface area contributed by atoms with Crippen LogP contribution >= 0.6 is 0 Å². The van der Waals surface area contributed by atoms with Crippen molar-refractivity contribution in [3.63, 3.8) is 0 Å². The lowest BCUT2D eigenvalue weighted by atomic mass is 10.0. The Morgan fingerprint density at radius 1 is 1.35 bits per heavy atom. The molecular weight excluding hydrogens is 258 g/mol. The van der Waals surface area contributed by atoms with E-state index < -0.39 is 4.92 Å². The van der Waals surface area contributed by atoms with E-state index in [4.69, 9.17) is 0 Å². The summed E-state index contributed by atoms with van der Waals surface area (Å²) in [6.07, 6.45) is 2.75. The van der Waals surface area contributed by atoms with Gasteiger partial charge in [0.25, 0.3) is 5.69 Å². The Kier molecular flexibility index (Phi) is 4.34. The summed E-state index contributed by atoms with van der Waals surface area (Å²) in [5.41, 5.74) is 1.21. The van der Waals surface area contributed by atoms with E-state index in [2.05, 4.69) is 23.9 Å². The van der Waals surface area contributed by atoms with Crippen LogP contribution in [-0.2, 0) is 0 Å². The molecule has 1 fully saturated rings. The SMILES string of the molecule is CN(C)C1CCN(c2cc([N+](=O)[O-])ccc2C=O)CC1. The number of benzene rings is 1. The van der Waals surface area contributed by atoms with E-state index in [1.54, 1.807) is 0 Å². The second kappa shape index (κ2) is 6.00. The van der Waals surface area contributed by atoms with Gasteiger partial charge in [-0.15, -0.1) is 0 Å². The first-order valence-corrected chi connectivity index (χ1v) is 6.68. The van der Waals surface area contributed by atoms with Crippen molar-refractivity contribution in [1.82, 2.24) is 4.90 Å². The highest BCUT2D eigenvalue weighted by atomic mass is 16.6. The van der Waals surface area contributed by atoms with Gasteiger partial charge in [-0.05, 0) is 33.0 Å². The number of non-ortho nitro benzene ring substituents is 1. The number of carbonyl (C=O) groups is 1. The molecule has 0 radical (unpaired) electrons. The summed E-state index contributed by atoms with van der Waals surface area (Å²) in [4.78, 5) is 25.8. The van der Waals surface area contributed by atoms with E-state index in [1.807, 2.05) is 0 Å². The van der Waals surface area contributed by atoms with Gasteiger partial charge in [-0.25, -0.2) is 0 Å². The number of aldehydes is 1. The maximum Gasteiger partial charge on any atom is 0.271 e. The van der Waals surface area contributed by atoms with Gasteiger partial charge in [0.05, 0.1) is 10.6 Å². The molecule has 0 aromatic heterocycles. The van der Waals surface area contributed by atoms with Gasteiger partial charge in [0.15, 0.2) is 6.29 Å². The van der Waals surface area contributed by atoms with E-state index in [-0.39, 0.29) is 5.69 Å². The zero-order chi connectivity index (χ0) is 14.7. The van der Waals surface area contributed by atoms with Crippen LogP contribution < -0.4 is 4.90 Å². The molecule has 0 bridgehead atoms. The Hall–Kier alpha value is -1.95. The van der Waals surface area contributed by atoms with Crippen LogP contribution in [0.3, 0.4) is 0 Å². The predicted molar refractivity (Wildman–Crippen MR) is 77.4 cm³/mol. The molecule has 108 valence electrons. The summed E-state index contributed by atoms with van der Waals surface area (Å²) in [7, 11) is 4.12. The van der Waals surface area contributed by atoms with Crippen LogP contribution in [0.4, 0.5) is 11.4 Å². The maximum absolute atomic E-state index is 11.1. The zero-order valence-electron chi connectivity index (χ0n) is 11.8. The number of hydrogen-bond acceptors (Lipinski definition) is 5. The van der Waals surface area contributed by atoms with Crippen LogP contribution in [0.15, 0.2) is 18.2 Å². The van der Waals surface area contributed by atoms with Gasteiger partial charge in [-0.1, -0.05) is 0 Å². The second-order valence-electron chi connectivity index (χ2n) is 5.30. The lowest BCUT2D eigenvalue weighted by Crippen LogP contribution is -2.42. The number of rotatable bonds is 4. The van der Waals surface area contributed by atoms with Crippen molar-refractivity contribution in [3.8, 4) is 0 Å². The van der Waals surface area contributed by atoms with Gasteiger partial charge in [-0.2, -0.15) is 0 Å². The molecule has 1 aromatic rings. The molecule has 1 saturated heterocycles. The molecule has 0 saturated carbocycles. The average molecular weight is 277 g/mol. The summed E-state index contributed by atoms with van der Waals surface area (Å²) in [6.45, 7) is 1.62. The smallest absolute Gasteiger partial charge is 0.271 e. The minimum Gasteiger partial charge on any atom is -0.371 e. The van der Waals surface area contributed by atoms with Crippen molar-refractivity contribution >= 4 is 17.7 Å². The highest BCUT2D eigenvalue weighted by Crippen LogP contribution is 2.28. The largest absolute Gasteiger partial charge is 0.371 e. The summed E-state index contributed by atoms with van der Waals surface area (Å²) < 4.78 is 0. The maximum atomic E-state index is 11.1. The Bertz CT molecular complexity index is 508. The molecule has 2 rings (SSSR count). The van der Waals surface area contributed by atoms with Crippen LogP contribution in [0, 0.1) is 10.1 Å². The third-order valence-electron chi connectivity index (χ3n) is 3.89. The second-order valence-corrected chi connectivity index (χ2v) is 5.30. The summed E-state index contributed by atoms with van der Waals surface area (Å²) in [6, 6.07) is 4.93. The number of piperidine rings is 1. The normalized spacial score (nSPS) is 16.4. The molecule has 20 heavy (non-hydrogen) atoms. The van der Waals surface area contributed by atoms with Gasteiger partial charge in [-0.3, -0.25) is 14.9 Å². The highest BCUT2D eigenvalue weighted by molar-refractivity contribution is 5.85. The summed E-state index contributed by atoms with van der Waals surface area (Å²) in [5.74, 6) is 0. The predicted octanol–water partition coefficient (Wildman–Crippen LogP) is 1.94. The lowest BCUT2D eigenvalue weighted by molar-refractivity contribution is -0.384. The Morgan fingerprint density at radius 3 is 2.50 bits per heavy atom. The van der Waals surface area contributed by atoms with Crippen molar-refractivity contribution < 1.29 is 9.72 Å². The third kappa shape index (κ3) is 2.96. The number of carbonyl (C=O) groups excluding carboxylic acids is 1. The summed E-state index contributed by atoms with van der Waals surface area (Å²) in [5, 5.41) is 10.9. The molecule has 0 amide bonds. The number of nitrogens with zero attached hydrogens (tertiary/aromatic N) is 3. The molecular formula is C14H19N3O3. The number of hydrogen-bond donors (Lipinski definition) is 0. The first-order chi connectivity index (χ1) is 9.52. The van der Waals surface area contributed by atoms with E-state index in [9.17, 15) is 14.9 Å². The monoisotopic (exact) mass is 277 g/mol. The fraction of sp³-hybridized carbons (Fsp3) is 0.500. The van der Waals surface area contributed by atoms with Crippen LogP contribution in [0.25, 0.3) is 0 Å². The molecule has 1 aliphatic rings. The quantitative estimate of drug-likeness (QED) is 0.478. The first kappa shape index (κ1) is 14.5. The molecule has 1 heterocycles. The van der Waals surface area contributed by atoms with Crippen LogP contribution in [0.5, 0.6) is 0 Å². The van der Waals surface area contributed by atoms with Crippen molar-refractivity contribution in [1.29, 1.82) is 0 Å². The topological polar surface area (TPSA) is 66.7 Å². The fourth-order valence-electron chi connectivity index (χ4n) is 2.64. The van der Waals surface area contributed by atoms with Crippen molar-refractivity contribution in [2.45, 2.75) is 18.9 Å². The molecule has 0 atom stereocenters. The van der Waals surface area contributed by atoms with Gasteiger partial charge in [0.1, 0.15) is 0 Å². The van der Waals surface area contributed by atoms with E-state index >= 15 is 0 Å². The van der Waals surface area contributed by atoms with E-state index in [0.717, 1.165) is 32.2 Å². The molecule has 6 nitrogen and oxygen atoms in total. The average Bonchev–Trinajstić information content (AvgIpc) is 2.46. The summed E-state index contributed by atoms with van der Waals surface area (Å²) >= 11 is 0. The van der Waals surface area contributed by atoms with Gasteiger partial charge in [0, 0.05) is 36.8 Å². The molecule has 6 heteroatoms. The van der Waals surface area contributed by atoms with Crippen molar-refractivity contribution in [3.05, 3.63) is 33.9 Å². The molecule has 0 N–H and O–H groups in total. The molecule has 0 aliphatic carbocycles. The van der Waals surface area contributed by atoms with Gasteiger partial charge >= 0.3 is 0 Å². The Labute approximate surface area is 118 Å². The Morgan fingerprint density at radius 2 is 2.00 bits per heavy atom. The first-order valence-electron chi connectivity index (χ1n) is 6.68. The minimum absolute atomic E-state index is 0.0281. The molecule has 1 aromatic carbocycles. The van der Waals surface area contributed by atoms with Crippen LogP contribution in [0.2, 0.25) is 0 Å². The van der Waals surface area contributed by atoms with Crippen molar-refractivity contribution in [2.75, 3.05) is 32.1 Å². The number of nitro benzene ring substituents is 1. The van der Waals surface area contributed by atoms with E-state index in [0.29, 0.717) is 17.3 Å². The van der Waals surface area contributed by atoms with Gasteiger partial charge in [0.2, 0.25) is 0 Å². The number of anilines is 1. The molecule has 0 unspecified atom stereocenters. The van der Waals surface area contributed by atoms with Gasteiger partial charge < -0.3 is 9.80 Å². The minimum atomic E-state index is -0.426.